The van der Waals surface area contributed by atoms with Crippen LogP contribution in [0.25, 0.3) is 0 Å². The van der Waals surface area contributed by atoms with Crippen LogP contribution in [0.1, 0.15) is 45.4 Å². The van der Waals surface area contributed by atoms with Gasteiger partial charge in [0.05, 0.1) is 13.4 Å². The van der Waals surface area contributed by atoms with Gasteiger partial charge < -0.3 is 9.16 Å². The highest BCUT2D eigenvalue weighted by Crippen LogP contribution is 2.21. The maximum absolute atomic E-state index is 5.93. The van der Waals surface area contributed by atoms with Crippen LogP contribution in [-0.2, 0) is 9.16 Å². The van der Waals surface area contributed by atoms with Gasteiger partial charge in [-0.25, -0.2) is 0 Å². The second-order valence-electron chi connectivity index (χ2n) is 5.68. The molecule has 3 heteroatoms. The van der Waals surface area contributed by atoms with Crippen molar-refractivity contribution in [1.82, 2.24) is 0 Å². The maximum atomic E-state index is 5.93. The molecule has 0 unspecified atom stereocenters. The van der Waals surface area contributed by atoms with E-state index in [4.69, 9.17) is 9.16 Å². The predicted octanol–water partition coefficient (Wildman–Crippen LogP) is 5.24. The molecule has 0 heterocycles. The Morgan fingerprint density at radius 2 is 1.72 bits per heavy atom. The summed E-state index contributed by atoms with van der Waals surface area (Å²) in [6.07, 6.45) is 9.17. The third-order valence-corrected chi connectivity index (χ3v) is 3.46. The van der Waals surface area contributed by atoms with E-state index in [1.807, 2.05) is 0 Å². The molecule has 0 saturated heterocycles. The van der Waals surface area contributed by atoms with Crippen LogP contribution in [0.15, 0.2) is 24.2 Å². The van der Waals surface area contributed by atoms with E-state index in [2.05, 4.69) is 33.1 Å². The first-order valence-electron chi connectivity index (χ1n) is 7.01. The molecule has 0 amide bonds. The molecule has 106 valence electrons. The van der Waals surface area contributed by atoms with Gasteiger partial charge in [-0.05, 0) is 32.5 Å². The van der Waals surface area contributed by atoms with Crippen molar-refractivity contribution in [3.8, 4) is 0 Å². The lowest BCUT2D eigenvalue weighted by atomic mass is 10.1. The fraction of sp³-hybridized carbons (Fsp3) is 0.733. The van der Waals surface area contributed by atoms with Crippen molar-refractivity contribution in [3.63, 3.8) is 0 Å². The van der Waals surface area contributed by atoms with E-state index in [-0.39, 0.29) is 0 Å². The van der Waals surface area contributed by atoms with E-state index in [0.29, 0.717) is 0 Å². The van der Waals surface area contributed by atoms with Gasteiger partial charge in [0, 0.05) is 5.57 Å². The first kappa shape index (κ1) is 17.3. The molecule has 0 aromatic rings. The van der Waals surface area contributed by atoms with Crippen LogP contribution in [0, 0.1) is 0 Å². The van der Waals surface area contributed by atoms with Gasteiger partial charge in [-0.15, -0.1) is 0 Å². The molecule has 0 bridgehead atoms. The van der Waals surface area contributed by atoms with Gasteiger partial charge in [0.15, 0.2) is 0 Å². The van der Waals surface area contributed by atoms with Crippen molar-refractivity contribution in [2.75, 3.05) is 7.11 Å². The standard InChI is InChI=1S/C15H30O2Si/c1-7-8-9-10-11-12-15(13-16-3)14(2)17-18(4,5)6/h13H,2,7-12H2,1,3-6H3. The van der Waals surface area contributed by atoms with Crippen LogP contribution in [0.4, 0.5) is 0 Å². The molecule has 0 rings (SSSR count). The van der Waals surface area contributed by atoms with Crippen LogP contribution in [0.2, 0.25) is 19.6 Å². The number of methoxy groups -OCH3 is 1. The molecule has 2 nitrogen and oxygen atoms in total. The molecule has 0 aromatic carbocycles. The number of allylic oxidation sites excluding steroid dienone is 1. The van der Waals surface area contributed by atoms with Crippen molar-refractivity contribution < 1.29 is 9.16 Å². The second-order valence-corrected chi connectivity index (χ2v) is 10.1. The van der Waals surface area contributed by atoms with Gasteiger partial charge in [0.2, 0.25) is 8.32 Å². The van der Waals surface area contributed by atoms with E-state index in [1.165, 1.54) is 32.1 Å². The lowest BCUT2D eigenvalue weighted by Gasteiger charge is -2.22. The van der Waals surface area contributed by atoms with E-state index in [0.717, 1.165) is 17.8 Å². The molecule has 0 aromatic heterocycles. The Labute approximate surface area is 114 Å². The summed E-state index contributed by atoms with van der Waals surface area (Å²) in [6.45, 7) is 12.8. The Bertz CT molecular complexity index is 264. The van der Waals surface area contributed by atoms with Gasteiger partial charge in [0.25, 0.3) is 0 Å². The van der Waals surface area contributed by atoms with Gasteiger partial charge >= 0.3 is 0 Å². The quantitative estimate of drug-likeness (QED) is 0.234. The van der Waals surface area contributed by atoms with Crippen LogP contribution < -0.4 is 0 Å². The minimum absolute atomic E-state index is 0.798. The molecule has 18 heavy (non-hydrogen) atoms. The average Bonchev–Trinajstić information content (AvgIpc) is 2.25. The lowest BCUT2D eigenvalue weighted by Crippen LogP contribution is -2.25. The predicted molar refractivity (Wildman–Crippen MR) is 82.0 cm³/mol. The van der Waals surface area contributed by atoms with E-state index in [9.17, 15) is 0 Å². The topological polar surface area (TPSA) is 18.5 Å². The Hall–Kier alpha value is -0.703. The van der Waals surface area contributed by atoms with E-state index < -0.39 is 8.32 Å². The molecule has 0 aliphatic heterocycles. The molecule has 0 aliphatic rings. The van der Waals surface area contributed by atoms with Gasteiger partial charge in [-0.2, -0.15) is 0 Å². The molecule has 0 atom stereocenters. The van der Waals surface area contributed by atoms with Crippen molar-refractivity contribution >= 4 is 8.32 Å². The SMILES string of the molecule is C=C(O[Si](C)(C)C)C(=COC)CCCCCCC. The zero-order valence-corrected chi connectivity index (χ0v) is 13.8. The number of ether oxygens (including phenoxy) is 1. The highest BCUT2D eigenvalue weighted by atomic mass is 28.4. The average molecular weight is 270 g/mol. The summed E-state index contributed by atoms with van der Waals surface area (Å²) in [6, 6.07) is 0. The van der Waals surface area contributed by atoms with E-state index in [1.54, 1.807) is 13.4 Å². The number of unbranched alkanes of at least 4 members (excludes halogenated alkanes) is 4. The highest BCUT2D eigenvalue weighted by molar-refractivity contribution is 6.70. The third kappa shape index (κ3) is 9.34. The van der Waals surface area contributed by atoms with Crippen molar-refractivity contribution in [3.05, 3.63) is 24.2 Å². The van der Waals surface area contributed by atoms with Crippen LogP contribution >= 0.6 is 0 Å². The molecular formula is C15H30O2Si. The number of hydrogen-bond acceptors (Lipinski definition) is 2. The first-order valence-corrected chi connectivity index (χ1v) is 10.4. The molecule has 0 spiro atoms. The molecule has 0 N–H and O–H groups in total. The smallest absolute Gasteiger partial charge is 0.242 e. The largest absolute Gasteiger partial charge is 0.544 e. The normalized spacial score (nSPS) is 12.4. The van der Waals surface area contributed by atoms with Gasteiger partial charge in [-0.3, -0.25) is 0 Å². The minimum atomic E-state index is -1.57. The summed E-state index contributed by atoms with van der Waals surface area (Å²) in [5.41, 5.74) is 1.11. The van der Waals surface area contributed by atoms with Gasteiger partial charge in [0.1, 0.15) is 5.76 Å². The number of hydrogen-bond donors (Lipinski definition) is 0. The summed E-state index contributed by atoms with van der Waals surface area (Å²) in [7, 11) is 0.111. The summed E-state index contributed by atoms with van der Waals surface area (Å²) >= 11 is 0. The zero-order valence-electron chi connectivity index (χ0n) is 12.8. The van der Waals surface area contributed by atoms with Crippen LogP contribution in [-0.4, -0.2) is 15.4 Å². The van der Waals surface area contributed by atoms with Gasteiger partial charge in [-0.1, -0.05) is 39.2 Å². The molecule has 0 saturated carbocycles. The minimum Gasteiger partial charge on any atom is -0.544 e. The summed E-state index contributed by atoms with van der Waals surface area (Å²) in [4.78, 5) is 0. The van der Waals surface area contributed by atoms with E-state index >= 15 is 0 Å². The summed E-state index contributed by atoms with van der Waals surface area (Å²) in [5, 5.41) is 0. The van der Waals surface area contributed by atoms with Crippen molar-refractivity contribution in [2.24, 2.45) is 0 Å². The Morgan fingerprint density at radius 3 is 2.22 bits per heavy atom. The maximum Gasteiger partial charge on any atom is 0.242 e. The molecule has 0 fully saturated rings. The second kappa shape index (κ2) is 9.26. The summed E-state index contributed by atoms with van der Waals surface area (Å²) < 4.78 is 11.1. The zero-order chi connectivity index (χ0) is 14.0. The summed E-state index contributed by atoms with van der Waals surface area (Å²) in [5.74, 6) is 0.798. The molecule has 0 radical (unpaired) electrons. The van der Waals surface area contributed by atoms with Crippen molar-refractivity contribution in [1.29, 1.82) is 0 Å². The highest BCUT2D eigenvalue weighted by Gasteiger charge is 2.18. The van der Waals surface area contributed by atoms with Crippen LogP contribution in [0.3, 0.4) is 0 Å². The fourth-order valence-corrected chi connectivity index (χ4v) is 2.63. The Kier molecular flexibility index (Phi) is 8.90. The van der Waals surface area contributed by atoms with Crippen molar-refractivity contribution in [2.45, 2.75) is 65.1 Å². The number of rotatable bonds is 10. The Morgan fingerprint density at radius 1 is 1.11 bits per heavy atom. The van der Waals surface area contributed by atoms with Crippen LogP contribution in [0.5, 0.6) is 0 Å². The lowest BCUT2D eigenvalue weighted by molar-refractivity contribution is 0.326. The fourth-order valence-electron chi connectivity index (χ4n) is 1.76. The molecular weight excluding hydrogens is 240 g/mol. The first-order chi connectivity index (χ1) is 8.40. The Balaban J connectivity index is 4.15. The molecule has 0 aliphatic carbocycles. The monoisotopic (exact) mass is 270 g/mol. The third-order valence-electron chi connectivity index (χ3n) is 2.60.